The normalized spacial score (nSPS) is 23.5. The van der Waals surface area contributed by atoms with Crippen molar-refractivity contribution in [2.24, 2.45) is 5.92 Å². The third kappa shape index (κ3) is 3.35. The molecule has 0 amide bonds. The molecular weight excluding hydrogens is 304 g/mol. The number of aliphatic hydroxyl groups is 2. The fourth-order valence-corrected chi connectivity index (χ4v) is 4.52. The maximum atomic E-state index is 9.63. The fourth-order valence-electron chi connectivity index (χ4n) is 2.99. The minimum absolute atomic E-state index is 0.0510. The fraction of sp³-hybridized carbons (Fsp3) is 0.533. The molecule has 1 aliphatic rings. The Morgan fingerprint density at radius 3 is 2.90 bits per heavy atom. The summed E-state index contributed by atoms with van der Waals surface area (Å²) in [6, 6.07) is 2.14. The number of piperidine rings is 1. The van der Waals surface area contributed by atoms with Crippen molar-refractivity contribution < 1.29 is 10.2 Å². The molecule has 0 saturated carbocycles. The van der Waals surface area contributed by atoms with Gasteiger partial charge in [0.1, 0.15) is 5.01 Å². The highest BCUT2D eigenvalue weighted by atomic mass is 32.1. The van der Waals surface area contributed by atoms with Crippen molar-refractivity contribution in [2.45, 2.75) is 25.4 Å². The van der Waals surface area contributed by atoms with Crippen LogP contribution < -0.4 is 0 Å². The van der Waals surface area contributed by atoms with Crippen LogP contribution in [0.25, 0.3) is 10.6 Å². The zero-order valence-corrected chi connectivity index (χ0v) is 13.4. The monoisotopic (exact) mass is 324 g/mol. The van der Waals surface area contributed by atoms with Crippen molar-refractivity contribution in [1.82, 2.24) is 9.88 Å². The zero-order chi connectivity index (χ0) is 14.7. The summed E-state index contributed by atoms with van der Waals surface area (Å²) in [5.41, 5.74) is 2.24. The molecular formula is C15H20N2O2S2. The van der Waals surface area contributed by atoms with Gasteiger partial charge in [-0.05, 0) is 36.8 Å². The number of thiophene rings is 1. The van der Waals surface area contributed by atoms with Crippen molar-refractivity contribution in [2.75, 3.05) is 19.8 Å². The van der Waals surface area contributed by atoms with E-state index >= 15 is 0 Å². The molecule has 114 valence electrons. The predicted octanol–water partition coefficient (Wildman–Crippen LogP) is 2.44. The van der Waals surface area contributed by atoms with E-state index in [2.05, 4.69) is 27.1 Å². The molecule has 0 bridgehead atoms. The predicted molar refractivity (Wildman–Crippen MR) is 86.5 cm³/mol. The minimum atomic E-state index is 0.0510. The number of thiazole rings is 1. The molecule has 2 aromatic rings. The summed E-state index contributed by atoms with van der Waals surface area (Å²) in [5, 5.41) is 26.4. The Bertz CT molecular complexity index is 556. The number of aromatic nitrogens is 1. The standard InChI is InChI=1S/C15H20N2O2S2/c18-7-11-2-1-4-17(14(11)8-19)6-13-10-21-15(16-13)12-3-5-20-9-12/h3,5,9-11,14,18-19H,1-2,4,6-8H2/t11-,14+/m0/s1. The Kier molecular flexibility index (Phi) is 5.03. The molecule has 0 aliphatic carbocycles. The van der Waals surface area contributed by atoms with Crippen LogP contribution in [-0.4, -0.2) is 45.9 Å². The maximum absolute atomic E-state index is 9.63. The highest BCUT2D eigenvalue weighted by molar-refractivity contribution is 7.14. The molecule has 0 spiro atoms. The van der Waals surface area contributed by atoms with E-state index in [0.29, 0.717) is 0 Å². The second kappa shape index (κ2) is 6.98. The van der Waals surface area contributed by atoms with Gasteiger partial charge < -0.3 is 10.2 Å². The Hall–Kier alpha value is -0.790. The van der Waals surface area contributed by atoms with Gasteiger partial charge in [0, 0.05) is 35.5 Å². The van der Waals surface area contributed by atoms with E-state index < -0.39 is 0 Å². The molecule has 0 aromatic carbocycles. The molecule has 0 radical (unpaired) electrons. The summed E-state index contributed by atoms with van der Waals surface area (Å²) >= 11 is 3.35. The van der Waals surface area contributed by atoms with Gasteiger partial charge in [0.15, 0.2) is 0 Å². The van der Waals surface area contributed by atoms with Gasteiger partial charge >= 0.3 is 0 Å². The Morgan fingerprint density at radius 2 is 2.19 bits per heavy atom. The molecule has 4 nitrogen and oxygen atoms in total. The van der Waals surface area contributed by atoms with Gasteiger partial charge in [-0.3, -0.25) is 4.90 Å². The van der Waals surface area contributed by atoms with E-state index in [1.165, 1.54) is 5.56 Å². The SMILES string of the molecule is OC[C@@H]1CCCN(Cc2csc(-c3ccsc3)n2)[C@@H]1CO. The zero-order valence-electron chi connectivity index (χ0n) is 11.8. The largest absolute Gasteiger partial charge is 0.396 e. The van der Waals surface area contributed by atoms with Crippen LogP contribution >= 0.6 is 22.7 Å². The molecule has 1 saturated heterocycles. The number of hydrogen-bond donors (Lipinski definition) is 2. The molecule has 0 unspecified atom stereocenters. The molecule has 2 aromatic heterocycles. The highest BCUT2D eigenvalue weighted by Crippen LogP contribution is 2.28. The Labute approximate surface area is 132 Å². The van der Waals surface area contributed by atoms with Gasteiger partial charge in [-0.1, -0.05) is 0 Å². The first-order valence-electron chi connectivity index (χ1n) is 7.24. The highest BCUT2D eigenvalue weighted by Gasteiger charge is 2.30. The third-order valence-electron chi connectivity index (χ3n) is 4.14. The first kappa shape index (κ1) is 15.1. The average Bonchev–Trinajstić information content (AvgIpc) is 3.17. The third-order valence-corrected chi connectivity index (χ3v) is 5.76. The summed E-state index contributed by atoms with van der Waals surface area (Å²) in [5.74, 6) is 0.179. The number of rotatable bonds is 5. The summed E-state index contributed by atoms with van der Waals surface area (Å²) in [6.45, 7) is 1.97. The molecule has 3 rings (SSSR count). The lowest BCUT2D eigenvalue weighted by molar-refractivity contribution is 0.0156. The van der Waals surface area contributed by atoms with Crippen molar-refractivity contribution in [3.63, 3.8) is 0 Å². The van der Waals surface area contributed by atoms with E-state index in [-0.39, 0.29) is 25.2 Å². The lowest BCUT2D eigenvalue weighted by Crippen LogP contribution is -2.48. The van der Waals surface area contributed by atoms with Gasteiger partial charge in [-0.15, -0.1) is 11.3 Å². The van der Waals surface area contributed by atoms with Gasteiger partial charge in [0.25, 0.3) is 0 Å². The lowest BCUT2D eigenvalue weighted by atomic mass is 9.90. The van der Waals surface area contributed by atoms with Gasteiger partial charge in [0.05, 0.1) is 12.3 Å². The van der Waals surface area contributed by atoms with Crippen LogP contribution in [0, 0.1) is 5.92 Å². The van der Waals surface area contributed by atoms with Gasteiger partial charge in [0.2, 0.25) is 0 Å². The molecule has 21 heavy (non-hydrogen) atoms. The maximum Gasteiger partial charge on any atom is 0.124 e. The number of hydrogen-bond acceptors (Lipinski definition) is 6. The summed E-state index contributed by atoms with van der Waals surface area (Å²) in [7, 11) is 0. The quantitative estimate of drug-likeness (QED) is 0.887. The van der Waals surface area contributed by atoms with Crippen LogP contribution in [0.1, 0.15) is 18.5 Å². The summed E-state index contributed by atoms with van der Waals surface area (Å²) < 4.78 is 0. The first-order chi connectivity index (χ1) is 10.3. The molecule has 1 aliphatic heterocycles. The van der Waals surface area contributed by atoms with E-state index in [1.807, 2.05) is 0 Å². The lowest BCUT2D eigenvalue weighted by Gasteiger charge is -2.39. The Balaban J connectivity index is 1.70. The van der Waals surface area contributed by atoms with Crippen LogP contribution in [0.5, 0.6) is 0 Å². The van der Waals surface area contributed by atoms with Crippen molar-refractivity contribution in [1.29, 1.82) is 0 Å². The second-order valence-corrected chi connectivity index (χ2v) is 7.10. The number of likely N-dealkylation sites (tertiary alicyclic amines) is 1. The van der Waals surface area contributed by atoms with Crippen molar-refractivity contribution in [3.05, 3.63) is 27.9 Å². The summed E-state index contributed by atoms with van der Waals surface area (Å²) in [6.07, 6.45) is 2.07. The van der Waals surface area contributed by atoms with Crippen molar-refractivity contribution in [3.8, 4) is 10.6 Å². The van der Waals surface area contributed by atoms with E-state index in [4.69, 9.17) is 4.98 Å². The van der Waals surface area contributed by atoms with Crippen LogP contribution in [0.4, 0.5) is 0 Å². The van der Waals surface area contributed by atoms with Gasteiger partial charge in [-0.2, -0.15) is 11.3 Å². The van der Waals surface area contributed by atoms with E-state index in [1.54, 1.807) is 22.7 Å². The molecule has 1 fully saturated rings. The van der Waals surface area contributed by atoms with Crippen LogP contribution in [0.2, 0.25) is 0 Å². The Morgan fingerprint density at radius 1 is 1.29 bits per heavy atom. The van der Waals surface area contributed by atoms with Crippen LogP contribution in [-0.2, 0) is 6.54 Å². The molecule has 6 heteroatoms. The number of aliphatic hydroxyl groups excluding tert-OH is 2. The molecule has 2 N–H and O–H groups in total. The number of nitrogens with zero attached hydrogens (tertiary/aromatic N) is 2. The topological polar surface area (TPSA) is 56.6 Å². The smallest absolute Gasteiger partial charge is 0.124 e. The van der Waals surface area contributed by atoms with Crippen LogP contribution in [0.3, 0.4) is 0 Å². The van der Waals surface area contributed by atoms with E-state index in [0.717, 1.165) is 36.6 Å². The average molecular weight is 324 g/mol. The van der Waals surface area contributed by atoms with Crippen LogP contribution in [0.15, 0.2) is 22.2 Å². The van der Waals surface area contributed by atoms with E-state index in [9.17, 15) is 10.2 Å². The summed E-state index contributed by atoms with van der Waals surface area (Å²) in [4.78, 5) is 6.97. The van der Waals surface area contributed by atoms with Gasteiger partial charge in [-0.25, -0.2) is 4.98 Å². The molecule has 2 atom stereocenters. The first-order valence-corrected chi connectivity index (χ1v) is 9.07. The van der Waals surface area contributed by atoms with Crippen molar-refractivity contribution >= 4 is 22.7 Å². The minimum Gasteiger partial charge on any atom is -0.396 e. The molecule has 3 heterocycles. The second-order valence-electron chi connectivity index (χ2n) is 5.46.